The van der Waals surface area contributed by atoms with Crippen molar-refractivity contribution in [3.05, 3.63) is 59.9 Å². The lowest BCUT2D eigenvalue weighted by atomic mass is 9.98. The van der Waals surface area contributed by atoms with Gasteiger partial charge in [0.1, 0.15) is 17.2 Å². The molecule has 0 aliphatic heterocycles. The van der Waals surface area contributed by atoms with Crippen LogP contribution in [0.15, 0.2) is 58.3 Å². The lowest BCUT2D eigenvalue weighted by molar-refractivity contribution is 0.318. The van der Waals surface area contributed by atoms with Gasteiger partial charge in [0, 0.05) is 16.7 Å². The molecule has 3 aromatic rings. The molecule has 7 nitrogen and oxygen atoms in total. The molecule has 0 atom stereocenters. The molecule has 146 valence electrons. The average molecular weight is 383 g/mol. The first kappa shape index (κ1) is 19.2. The summed E-state index contributed by atoms with van der Waals surface area (Å²) in [5.74, 6) is 2.56. The van der Waals surface area contributed by atoms with Crippen molar-refractivity contribution in [1.82, 2.24) is 0 Å². The Morgan fingerprint density at radius 3 is 2.04 bits per heavy atom. The number of oxime groups is 1. The van der Waals surface area contributed by atoms with Crippen molar-refractivity contribution in [2.75, 3.05) is 28.4 Å². The molecule has 0 unspecified atom stereocenters. The zero-order valence-corrected chi connectivity index (χ0v) is 16.1. The molecule has 0 aliphatic carbocycles. The molecule has 0 bridgehead atoms. The van der Waals surface area contributed by atoms with Gasteiger partial charge in [0.05, 0.1) is 34.7 Å². The van der Waals surface area contributed by atoms with Gasteiger partial charge >= 0.3 is 0 Å². The van der Waals surface area contributed by atoms with E-state index in [0.29, 0.717) is 39.9 Å². The van der Waals surface area contributed by atoms with Crippen LogP contribution >= 0.6 is 0 Å². The van der Waals surface area contributed by atoms with Gasteiger partial charge in [-0.3, -0.25) is 0 Å². The van der Waals surface area contributed by atoms with Gasteiger partial charge in [-0.1, -0.05) is 5.16 Å². The summed E-state index contributed by atoms with van der Waals surface area (Å²) in [7, 11) is 6.12. The minimum absolute atomic E-state index is 0.282. The van der Waals surface area contributed by atoms with Crippen molar-refractivity contribution >= 4 is 5.71 Å². The predicted molar refractivity (Wildman–Crippen MR) is 104 cm³/mol. The van der Waals surface area contributed by atoms with E-state index >= 15 is 0 Å². The minimum Gasteiger partial charge on any atom is -0.496 e. The molecule has 1 N–H and O–H groups in total. The molecule has 0 amide bonds. The summed E-state index contributed by atoms with van der Waals surface area (Å²) < 4.78 is 27.1. The Labute approximate surface area is 162 Å². The highest BCUT2D eigenvalue weighted by Gasteiger charge is 2.20. The number of nitrogens with zero attached hydrogens (tertiary/aromatic N) is 1. The summed E-state index contributed by atoms with van der Waals surface area (Å²) in [6.07, 6.45) is 1.60. The van der Waals surface area contributed by atoms with Crippen LogP contribution in [0.5, 0.6) is 23.0 Å². The third kappa shape index (κ3) is 3.46. The quantitative estimate of drug-likeness (QED) is 0.374. The molecule has 1 heterocycles. The van der Waals surface area contributed by atoms with Crippen molar-refractivity contribution < 1.29 is 28.6 Å². The molecule has 7 heteroatoms. The van der Waals surface area contributed by atoms with E-state index in [-0.39, 0.29) is 5.71 Å². The molecule has 0 aliphatic rings. The smallest absolute Gasteiger partial charge is 0.203 e. The summed E-state index contributed by atoms with van der Waals surface area (Å²) in [6.45, 7) is 0. The van der Waals surface area contributed by atoms with Crippen LogP contribution in [0, 0.1) is 0 Å². The Morgan fingerprint density at radius 1 is 0.857 bits per heavy atom. The number of methoxy groups -OCH3 is 4. The van der Waals surface area contributed by atoms with E-state index in [1.54, 1.807) is 37.6 Å². The topological polar surface area (TPSA) is 82.7 Å². The van der Waals surface area contributed by atoms with Gasteiger partial charge in [-0.15, -0.1) is 0 Å². The first-order chi connectivity index (χ1) is 13.7. The van der Waals surface area contributed by atoms with Crippen LogP contribution in [0.1, 0.15) is 11.1 Å². The zero-order chi connectivity index (χ0) is 20.1. The molecule has 2 aromatic carbocycles. The van der Waals surface area contributed by atoms with Gasteiger partial charge in [0.15, 0.2) is 11.5 Å². The van der Waals surface area contributed by atoms with Crippen LogP contribution in [-0.4, -0.2) is 39.4 Å². The third-order valence-electron chi connectivity index (χ3n) is 4.30. The summed E-state index contributed by atoms with van der Waals surface area (Å²) in [6, 6.07) is 12.5. The Balaban J connectivity index is 2.18. The maximum atomic E-state index is 9.82. The Kier molecular flexibility index (Phi) is 5.74. The molecular formula is C21H21NO6. The van der Waals surface area contributed by atoms with Crippen LogP contribution in [-0.2, 0) is 0 Å². The van der Waals surface area contributed by atoms with Gasteiger partial charge in [0.25, 0.3) is 0 Å². The highest BCUT2D eigenvalue weighted by molar-refractivity contribution is 6.15. The van der Waals surface area contributed by atoms with Crippen LogP contribution in [0.25, 0.3) is 11.3 Å². The second-order valence-electron chi connectivity index (χ2n) is 5.75. The maximum absolute atomic E-state index is 9.82. The van der Waals surface area contributed by atoms with E-state index in [4.69, 9.17) is 23.4 Å². The van der Waals surface area contributed by atoms with Crippen LogP contribution < -0.4 is 18.9 Å². The van der Waals surface area contributed by atoms with Gasteiger partial charge in [0.2, 0.25) is 5.75 Å². The number of rotatable bonds is 7. The number of hydrogen-bond acceptors (Lipinski definition) is 7. The molecule has 0 saturated carbocycles. The van der Waals surface area contributed by atoms with E-state index in [2.05, 4.69) is 5.16 Å². The molecular weight excluding hydrogens is 362 g/mol. The normalized spacial score (nSPS) is 11.2. The van der Waals surface area contributed by atoms with Gasteiger partial charge in [-0.2, -0.15) is 0 Å². The number of ether oxygens (including phenoxy) is 4. The fraction of sp³-hybridized carbons (Fsp3) is 0.190. The summed E-state index contributed by atoms with van der Waals surface area (Å²) in [4.78, 5) is 0. The first-order valence-electron chi connectivity index (χ1n) is 8.41. The Hall–Kier alpha value is -3.61. The largest absolute Gasteiger partial charge is 0.496 e. The summed E-state index contributed by atoms with van der Waals surface area (Å²) >= 11 is 0. The fourth-order valence-electron chi connectivity index (χ4n) is 2.97. The Morgan fingerprint density at radius 2 is 1.54 bits per heavy atom. The molecule has 0 fully saturated rings. The zero-order valence-electron chi connectivity index (χ0n) is 16.1. The summed E-state index contributed by atoms with van der Waals surface area (Å²) in [5, 5.41) is 13.3. The Bertz CT molecular complexity index is 954. The highest BCUT2D eigenvalue weighted by Crippen LogP contribution is 2.39. The van der Waals surface area contributed by atoms with Crippen molar-refractivity contribution in [1.29, 1.82) is 0 Å². The maximum Gasteiger partial charge on any atom is 0.203 e. The van der Waals surface area contributed by atoms with E-state index in [9.17, 15) is 5.21 Å². The molecule has 0 radical (unpaired) electrons. The van der Waals surface area contributed by atoms with Crippen molar-refractivity contribution in [2.24, 2.45) is 5.16 Å². The fourth-order valence-corrected chi connectivity index (χ4v) is 2.97. The highest BCUT2D eigenvalue weighted by atomic mass is 16.5. The molecule has 0 spiro atoms. The van der Waals surface area contributed by atoms with E-state index < -0.39 is 0 Å². The molecule has 0 saturated heterocycles. The molecule has 28 heavy (non-hydrogen) atoms. The number of hydrogen-bond donors (Lipinski definition) is 1. The lowest BCUT2D eigenvalue weighted by Crippen LogP contribution is -2.08. The van der Waals surface area contributed by atoms with Gasteiger partial charge in [-0.05, 0) is 42.5 Å². The van der Waals surface area contributed by atoms with E-state index in [1.165, 1.54) is 21.3 Å². The van der Waals surface area contributed by atoms with Crippen molar-refractivity contribution in [2.45, 2.75) is 0 Å². The summed E-state index contributed by atoms with van der Waals surface area (Å²) in [5.41, 5.74) is 2.24. The molecule has 1 aromatic heterocycles. The second-order valence-corrected chi connectivity index (χ2v) is 5.75. The lowest BCUT2D eigenvalue weighted by Gasteiger charge is -2.16. The van der Waals surface area contributed by atoms with Crippen LogP contribution in [0.3, 0.4) is 0 Å². The molecule has 3 rings (SSSR count). The van der Waals surface area contributed by atoms with Gasteiger partial charge in [-0.25, -0.2) is 0 Å². The monoisotopic (exact) mass is 383 g/mol. The first-order valence-corrected chi connectivity index (χ1v) is 8.41. The van der Waals surface area contributed by atoms with Crippen LogP contribution in [0.2, 0.25) is 0 Å². The van der Waals surface area contributed by atoms with Crippen molar-refractivity contribution in [3.63, 3.8) is 0 Å². The number of benzene rings is 2. The van der Waals surface area contributed by atoms with E-state index in [0.717, 1.165) is 5.56 Å². The SMILES string of the molecule is COc1ccc(-c2ccco2)cc1/C(=N\O)c1cc(OC)c(OC)c(OC)c1. The minimum atomic E-state index is 0.282. The van der Waals surface area contributed by atoms with Gasteiger partial charge < -0.3 is 28.6 Å². The second kappa shape index (κ2) is 8.39. The van der Waals surface area contributed by atoms with E-state index in [1.807, 2.05) is 18.2 Å². The van der Waals surface area contributed by atoms with Crippen molar-refractivity contribution in [3.8, 4) is 34.3 Å². The number of furan rings is 1. The third-order valence-corrected chi connectivity index (χ3v) is 4.30. The average Bonchev–Trinajstić information content (AvgIpc) is 3.28. The predicted octanol–water partition coefficient (Wildman–Crippen LogP) is 4.21. The standard InChI is InChI=1S/C21H21NO6/c1-24-17-8-7-13(16-6-5-9-28-16)10-15(17)20(22-23)14-11-18(25-2)21(27-4)19(12-14)26-3/h5-12,23H,1-4H3/b22-20-. The van der Waals surface area contributed by atoms with Crippen LogP contribution in [0.4, 0.5) is 0 Å².